The standard InChI is InChI=1S/C12H13N5O2S2/c13-12(20)16-15-8-10-2-1-7-17(10)9-3-5-11(6-4-9)21(14,18)19/h1-8H,(H3,13,16,20)(H2,14,18,19)/b15-8+. The Balaban J connectivity index is 2.29. The average Bonchev–Trinajstić information content (AvgIpc) is 2.86. The summed E-state index contributed by atoms with van der Waals surface area (Å²) in [4.78, 5) is 0.0590. The number of hydrazone groups is 1. The van der Waals surface area contributed by atoms with Gasteiger partial charge < -0.3 is 10.3 Å². The van der Waals surface area contributed by atoms with Crippen LogP contribution in [0, 0.1) is 0 Å². The number of nitrogens with one attached hydrogen (secondary N) is 1. The van der Waals surface area contributed by atoms with Crippen LogP contribution in [0.25, 0.3) is 5.69 Å². The first kappa shape index (κ1) is 15.2. The molecule has 0 aliphatic heterocycles. The van der Waals surface area contributed by atoms with Gasteiger partial charge in [0.2, 0.25) is 10.0 Å². The zero-order chi connectivity index (χ0) is 15.5. The summed E-state index contributed by atoms with van der Waals surface area (Å²) in [6.45, 7) is 0. The van der Waals surface area contributed by atoms with E-state index in [0.29, 0.717) is 0 Å². The molecular formula is C12H13N5O2S2. The van der Waals surface area contributed by atoms with Gasteiger partial charge in [-0.1, -0.05) is 0 Å². The lowest BCUT2D eigenvalue weighted by molar-refractivity contribution is 0.598. The van der Waals surface area contributed by atoms with Crippen LogP contribution in [-0.2, 0) is 10.0 Å². The van der Waals surface area contributed by atoms with Crippen LogP contribution in [0.4, 0.5) is 0 Å². The summed E-state index contributed by atoms with van der Waals surface area (Å²) < 4.78 is 24.3. The smallest absolute Gasteiger partial charge is 0.238 e. The van der Waals surface area contributed by atoms with Gasteiger partial charge >= 0.3 is 0 Å². The highest BCUT2D eigenvalue weighted by Gasteiger charge is 2.08. The number of nitrogens with two attached hydrogens (primary N) is 2. The van der Waals surface area contributed by atoms with E-state index < -0.39 is 10.0 Å². The first-order valence-electron chi connectivity index (χ1n) is 5.77. The predicted octanol–water partition coefficient (Wildman–Crippen LogP) is 0.292. The number of aromatic nitrogens is 1. The molecule has 9 heteroatoms. The lowest BCUT2D eigenvalue weighted by Gasteiger charge is -2.07. The van der Waals surface area contributed by atoms with Crippen molar-refractivity contribution in [2.75, 3.05) is 0 Å². The molecule has 1 aromatic heterocycles. The van der Waals surface area contributed by atoms with Gasteiger partial charge in [0.25, 0.3) is 0 Å². The Bertz CT molecular complexity index is 778. The molecule has 0 saturated carbocycles. The summed E-state index contributed by atoms with van der Waals surface area (Å²) in [7, 11) is -3.70. The Morgan fingerprint density at radius 2 is 1.95 bits per heavy atom. The van der Waals surface area contributed by atoms with Gasteiger partial charge in [-0.25, -0.2) is 13.6 Å². The molecule has 0 aliphatic rings. The molecule has 0 bridgehead atoms. The fraction of sp³-hybridized carbons (Fsp3) is 0. The molecule has 5 N–H and O–H groups in total. The SMILES string of the molecule is NC(=S)N/N=C/c1cccn1-c1ccc(S(N)(=O)=O)cc1. The molecule has 1 aromatic carbocycles. The van der Waals surface area contributed by atoms with E-state index in [1.807, 2.05) is 22.9 Å². The van der Waals surface area contributed by atoms with Gasteiger partial charge in [-0.2, -0.15) is 5.10 Å². The van der Waals surface area contributed by atoms with Crippen LogP contribution in [-0.4, -0.2) is 24.3 Å². The Labute approximate surface area is 127 Å². The summed E-state index contributed by atoms with van der Waals surface area (Å²) in [5.41, 5.74) is 9.26. The minimum atomic E-state index is -3.70. The maximum atomic E-state index is 11.2. The number of benzene rings is 1. The first-order valence-corrected chi connectivity index (χ1v) is 7.72. The highest BCUT2D eigenvalue weighted by molar-refractivity contribution is 7.89. The molecule has 1 heterocycles. The van der Waals surface area contributed by atoms with E-state index in [0.717, 1.165) is 11.4 Å². The van der Waals surface area contributed by atoms with Crippen LogP contribution in [0.3, 0.4) is 0 Å². The summed E-state index contributed by atoms with van der Waals surface area (Å²) in [5.74, 6) is 0. The Kier molecular flexibility index (Phi) is 4.36. The average molecular weight is 323 g/mol. The van der Waals surface area contributed by atoms with Gasteiger partial charge in [0.15, 0.2) is 5.11 Å². The summed E-state index contributed by atoms with van der Waals surface area (Å²) >= 11 is 4.64. The fourth-order valence-electron chi connectivity index (χ4n) is 1.69. The number of hydrogen-bond acceptors (Lipinski definition) is 4. The first-order chi connectivity index (χ1) is 9.88. The molecule has 2 aromatic rings. The van der Waals surface area contributed by atoms with Crippen LogP contribution in [0.1, 0.15) is 5.69 Å². The third kappa shape index (κ3) is 3.88. The molecule has 0 spiro atoms. The fourth-order valence-corrected chi connectivity index (χ4v) is 2.26. The van der Waals surface area contributed by atoms with Crippen molar-refractivity contribution in [1.29, 1.82) is 0 Å². The number of thiocarbonyl (C=S) groups is 1. The molecule has 110 valence electrons. The Morgan fingerprint density at radius 1 is 1.29 bits per heavy atom. The van der Waals surface area contributed by atoms with Crippen molar-refractivity contribution in [3.8, 4) is 5.69 Å². The molecule has 0 saturated heterocycles. The molecule has 21 heavy (non-hydrogen) atoms. The van der Waals surface area contributed by atoms with E-state index in [1.165, 1.54) is 12.1 Å². The van der Waals surface area contributed by atoms with Gasteiger partial charge in [-0.3, -0.25) is 5.43 Å². The molecule has 0 amide bonds. The zero-order valence-corrected chi connectivity index (χ0v) is 12.4. The Morgan fingerprint density at radius 3 is 2.52 bits per heavy atom. The second kappa shape index (κ2) is 6.04. The van der Waals surface area contributed by atoms with Crippen LogP contribution in [0.2, 0.25) is 0 Å². The molecule has 0 radical (unpaired) electrons. The van der Waals surface area contributed by atoms with Crippen molar-refractivity contribution >= 4 is 33.6 Å². The summed E-state index contributed by atoms with van der Waals surface area (Å²) in [5, 5.41) is 9.01. The second-order valence-corrected chi connectivity index (χ2v) is 6.08. The molecule has 0 unspecified atom stereocenters. The molecular weight excluding hydrogens is 310 g/mol. The number of nitrogens with zero attached hydrogens (tertiary/aromatic N) is 2. The van der Waals surface area contributed by atoms with Crippen LogP contribution >= 0.6 is 12.2 Å². The number of rotatable bonds is 4. The normalized spacial score (nSPS) is 11.7. The third-order valence-corrected chi connectivity index (χ3v) is 3.62. The zero-order valence-electron chi connectivity index (χ0n) is 10.8. The summed E-state index contributed by atoms with van der Waals surface area (Å²) in [6.07, 6.45) is 3.36. The largest absolute Gasteiger partial charge is 0.375 e. The molecule has 2 rings (SSSR count). The van der Waals surface area contributed by atoms with Crippen LogP contribution in [0.15, 0.2) is 52.6 Å². The molecule has 0 aliphatic carbocycles. The maximum absolute atomic E-state index is 11.2. The van der Waals surface area contributed by atoms with Gasteiger partial charge in [0.1, 0.15) is 0 Å². The highest BCUT2D eigenvalue weighted by atomic mass is 32.2. The van der Waals surface area contributed by atoms with E-state index in [1.54, 1.807) is 18.3 Å². The van der Waals surface area contributed by atoms with Crippen molar-refractivity contribution in [2.45, 2.75) is 4.90 Å². The number of sulfonamides is 1. The van der Waals surface area contributed by atoms with Crippen molar-refractivity contribution in [3.63, 3.8) is 0 Å². The van der Waals surface area contributed by atoms with E-state index in [2.05, 4.69) is 22.7 Å². The summed E-state index contributed by atoms with van der Waals surface area (Å²) in [6, 6.07) is 9.85. The molecule has 7 nitrogen and oxygen atoms in total. The lowest BCUT2D eigenvalue weighted by atomic mass is 10.3. The predicted molar refractivity (Wildman–Crippen MR) is 84.7 cm³/mol. The number of hydrogen-bond donors (Lipinski definition) is 3. The maximum Gasteiger partial charge on any atom is 0.238 e. The van der Waals surface area contributed by atoms with E-state index in [4.69, 9.17) is 10.9 Å². The second-order valence-electron chi connectivity index (χ2n) is 4.08. The molecule has 0 atom stereocenters. The quantitative estimate of drug-likeness (QED) is 0.425. The highest BCUT2D eigenvalue weighted by Crippen LogP contribution is 2.14. The minimum absolute atomic E-state index is 0.0590. The van der Waals surface area contributed by atoms with E-state index >= 15 is 0 Å². The number of primary sulfonamides is 1. The van der Waals surface area contributed by atoms with E-state index in [9.17, 15) is 8.42 Å². The van der Waals surface area contributed by atoms with Gasteiger partial charge in [0.05, 0.1) is 16.8 Å². The monoisotopic (exact) mass is 323 g/mol. The van der Waals surface area contributed by atoms with Gasteiger partial charge in [0, 0.05) is 11.9 Å². The molecule has 0 fully saturated rings. The van der Waals surface area contributed by atoms with Crippen LogP contribution in [0.5, 0.6) is 0 Å². The van der Waals surface area contributed by atoms with Gasteiger partial charge in [-0.05, 0) is 48.6 Å². The Hall–Kier alpha value is -2.23. The van der Waals surface area contributed by atoms with E-state index in [-0.39, 0.29) is 10.0 Å². The van der Waals surface area contributed by atoms with Gasteiger partial charge in [-0.15, -0.1) is 0 Å². The van der Waals surface area contributed by atoms with Crippen molar-refractivity contribution in [3.05, 3.63) is 48.3 Å². The van der Waals surface area contributed by atoms with Crippen molar-refractivity contribution in [2.24, 2.45) is 16.0 Å². The topological polar surface area (TPSA) is 116 Å². The van der Waals surface area contributed by atoms with Crippen molar-refractivity contribution in [1.82, 2.24) is 9.99 Å². The van der Waals surface area contributed by atoms with Crippen molar-refractivity contribution < 1.29 is 8.42 Å². The van der Waals surface area contributed by atoms with Crippen LogP contribution < -0.4 is 16.3 Å². The minimum Gasteiger partial charge on any atom is -0.375 e. The lowest BCUT2D eigenvalue weighted by Crippen LogP contribution is -2.24. The third-order valence-electron chi connectivity index (χ3n) is 2.60.